The van der Waals surface area contributed by atoms with Gasteiger partial charge in [0, 0.05) is 43.2 Å². The molecule has 3 rings (SSSR count). The quantitative estimate of drug-likeness (QED) is 0.422. The van der Waals surface area contributed by atoms with Crippen molar-refractivity contribution in [3.05, 3.63) is 59.5 Å². The van der Waals surface area contributed by atoms with Crippen molar-refractivity contribution in [2.75, 3.05) is 6.61 Å². The van der Waals surface area contributed by atoms with Crippen molar-refractivity contribution < 1.29 is 4.74 Å². The van der Waals surface area contributed by atoms with Crippen LogP contribution in [0.1, 0.15) is 5.69 Å². The zero-order valence-electron chi connectivity index (χ0n) is 15.4. The molecule has 2 aromatic heterocycles. The predicted molar refractivity (Wildman–Crippen MR) is 110 cm³/mol. The summed E-state index contributed by atoms with van der Waals surface area (Å²) in [6, 6.07) is 12.9. The predicted octanol–water partition coefficient (Wildman–Crippen LogP) is 5.65. The van der Waals surface area contributed by atoms with Crippen LogP contribution in [0.3, 0.4) is 0 Å². The number of nitrogens with zero attached hydrogens (tertiary/aromatic N) is 2. The minimum atomic E-state index is -1.10. The van der Waals surface area contributed by atoms with Gasteiger partial charge in [0.25, 0.3) is 0 Å². The number of aromatic amines is 1. The highest BCUT2D eigenvalue weighted by Gasteiger charge is 2.18. The first-order valence-corrected chi connectivity index (χ1v) is 12.8. The van der Waals surface area contributed by atoms with Gasteiger partial charge in [0.1, 0.15) is 5.69 Å². The molecule has 2 heterocycles. The highest BCUT2D eigenvalue weighted by molar-refractivity contribution is 6.76. The van der Waals surface area contributed by atoms with Crippen LogP contribution in [0.2, 0.25) is 30.7 Å². The number of rotatable bonds is 7. The van der Waals surface area contributed by atoms with Crippen molar-refractivity contribution >= 4 is 19.7 Å². The van der Waals surface area contributed by atoms with Crippen LogP contribution in [0.5, 0.6) is 0 Å². The fourth-order valence-corrected chi connectivity index (χ4v) is 3.56. The molecule has 6 heteroatoms. The van der Waals surface area contributed by atoms with E-state index in [9.17, 15) is 0 Å². The first-order valence-electron chi connectivity index (χ1n) is 8.75. The molecule has 0 spiro atoms. The molecule has 0 unspecified atom stereocenters. The van der Waals surface area contributed by atoms with E-state index in [2.05, 4.69) is 34.8 Å². The van der Waals surface area contributed by atoms with Crippen molar-refractivity contribution in [1.82, 2.24) is 15.2 Å². The molecular weight excluding hydrogens is 362 g/mol. The third kappa shape index (κ3) is 4.81. The Hall–Kier alpha value is -1.95. The van der Waals surface area contributed by atoms with E-state index in [-0.39, 0.29) is 0 Å². The lowest BCUT2D eigenvalue weighted by Crippen LogP contribution is -2.21. The number of hydrogen-bond acceptors (Lipinski definition) is 3. The minimum Gasteiger partial charge on any atom is -0.375 e. The van der Waals surface area contributed by atoms with Crippen molar-refractivity contribution in [2.24, 2.45) is 0 Å². The van der Waals surface area contributed by atoms with Gasteiger partial charge in [0.05, 0.1) is 12.3 Å². The van der Waals surface area contributed by atoms with Gasteiger partial charge in [0.2, 0.25) is 0 Å². The summed E-state index contributed by atoms with van der Waals surface area (Å²) < 4.78 is 5.95. The lowest BCUT2D eigenvalue weighted by Gasteiger charge is -2.15. The SMILES string of the molecule is C[Si](C)(C)CCOCc1[nH]nc(-c2ccc(Cl)cc2)c1-c1ccncc1. The molecule has 0 atom stereocenters. The van der Waals surface area contributed by atoms with E-state index in [1.54, 1.807) is 12.4 Å². The first kappa shape index (κ1) is 18.8. The molecule has 0 saturated heterocycles. The molecule has 0 fully saturated rings. The van der Waals surface area contributed by atoms with E-state index in [0.29, 0.717) is 11.6 Å². The molecule has 0 amide bonds. The molecule has 0 bridgehead atoms. The van der Waals surface area contributed by atoms with Gasteiger partial charge in [-0.25, -0.2) is 0 Å². The van der Waals surface area contributed by atoms with Crippen LogP contribution in [0.4, 0.5) is 0 Å². The minimum absolute atomic E-state index is 0.517. The normalized spacial score (nSPS) is 11.7. The summed E-state index contributed by atoms with van der Waals surface area (Å²) in [7, 11) is -1.10. The Bertz CT molecular complexity index is 842. The summed E-state index contributed by atoms with van der Waals surface area (Å²) in [6.45, 7) is 8.36. The summed E-state index contributed by atoms with van der Waals surface area (Å²) in [6.07, 6.45) is 3.59. The van der Waals surface area contributed by atoms with Gasteiger partial charge >= 0.3 is 0 Å². The standard InChI is InChI=1S/C20H24ClN3OSi/c1-26(2,3)13-12-25-14-18-19(15-8-10-22-11-9-15)20(24-23-18)16-4-6-17(21)7-5-16/h4-11H,12-14H2,1-3H3,(H,23,24). The molecule has 1 aromatic carbocycles. The van der Waals surface area contributed by atoms with Crippen LogP contribution in [0, 0.1) is 0 Å². The smallest absolute Gasteiger partial charge is 0.100 e. The zero-order chi connectivity index (χ0) is 18.6. The third-order valence-corrected chi connectivity index (χ3v) is 6.13. The van der Waals surface area contributed by atoms with E-state index in [1.807, 2.05) is 36.4 Å². The second kappa shape index (κ2) is 8.16. The highest BCUT2D eigenvalue weighted by atomic mass is 35.5. The lowest BCUT2D eigenvalue weighted by atomic mass is 10.00. The highest BCUT2D eigenvalue weighted by Crippen LogP contribution is 2.33. The number of pyridine rings is 1. The summed E-state index contributed by atoms with van der Waals surface area (Å²) >= 11 is 6.03. The summed E-state index contributed by atoms with van der Waals surface area (Å²) in [4.78, 5) is 4.13. The fourth-order valence-electron chi connectivity index (χ4n) is 2.68. The van der Waals surface area contributed by atoms with Gasteiger partial charge in [-0.15, -0.1) is 0 Å². The van der Waals surface area contributed by atoms with Crippen molar-refractivity contribution in [1.29, 1.82) is 0 Å². The average molecular weight is 386 g/mol. The fraction of sp³-hybridized carbons (Fsp3) is 0.300. The summed E-state index contributed by atoms with van der Waals surface area (Å²) in [5, 5.41) is 8.44. The average Bonchev–Trinajstić information content (AvgIpc) is 3.03. The maximum atomic E-state index is 6.03. The van der Waals surface area contributed by atoms with Crippen LogP contribution in [0.15, 0.2) is 48.8 Å². The number of nitrogens with one attached hydrogen (secondary N) is 1. The van der Waals surface area contributed by atoms with Gasteiger partial charge in [0.15, 0.2) is 0 Å². The second-order valence-corrected chi connectivity index (χ2v) is 13.6. The van der Waals surface area contributed by atoms with Crippen molar-refractivity contribution in [2.45, 2.75) is 32.3 Å². The largest absolute Gasteiger partial charge is 0.375 e. The molecule has 0 aliphatic rings. The molecule has 26 heavy (non-hydrogen) atoms. The molecule has 0 aliphatic heterocycles. The van der Waals surface area contributed by atoms with Crippen LogP contribution >= 0.6 is 11.6 Å². The van der Waals surface area contributed by atoms with Gasteiger partial charge in [-0.3, -0.25) is 10.1 Å². The molecule has 0 saturated carbocycles. The number of halogens is 1. The van der Waals surface area contributed by atoms with E-state index in [0.717, 1.165) is 40.7 Å². The van der Waals surface area contributed by atoms with Crippen LogP contribution in [0.25, 0.3) is 22.4 Å². The maximum Gasteiger partial charge on any atom is 0.100 e. The Morgan fingerprint density at radius 1 is 1.00 bits per heavy atom. The van der Waals surface area contributed by atoms with Crippen molar-refractivity contribution in [3.8, 4) is 22.4 Å². The first-order chi connectivity index (χ1) is 12.4. The monoisotopic (exact) mass is 385 g/mol. The molecule has 136 valence electrons. The lowest BCUT2D eigenvalue weighted by molar-refractivity contribution is 0.131. The van der Waals surface area contributed by atoms with Gasteiger partial charge < -0.3 is 4.74 Å². The van der Waals surface area contributed by atoms with Crippen LogP contribution in [-0.4, -0.2) is 29.9 Å². The summed E-state index contributed by atoms with van der Waals surface area (Å²) in [5.41, 5.74) is 5.03. The Morgan fingerprint density at radius 2 is 1.69 bits per heavy atom. The summed E-state index contributed by atoms with van der Waals surface area (Å²) in [5.74, 6) is 0. The van der Waals surface area contributed by atoms with E-state index in [1.165, 1.54) is 0 Å². The van der Waals surface area contributed by atoms with Crippen LogP contribution < -0.4 is 0 Å². The van der Waals surface area contributed by atoms with Gasteiger partial charge in [-0.05, 0) is 35.9 Å². The topological polar surface area (TPSA) is 50.8 Å². The van der Waals surface area contributed by atoms with Gasteiger partial charge in [-0.1, -0.05) is 43.4 Å². The number of benzene rings is 1. The van der Waals surface area contributed by atoms with E-state index >= 15 is 0 Å². The van der Waals surface area contributed by atoms with E-state index in [4.69, 9.17) is 16.3 Å². The van der Waals surface area contributed by atoms with Gasteiger partial charge in [-0.2, -0.15) is 5.10 Å². The Kier molecular flexibility index (Phi) is 5.91. The molecule has 0 radical (unpaired) electrons. The molecule has 1 N–H and O–H groups in total. The van der Waals surface area contributed by atoms with Crippen LogP contribution in [-0.2, 0) is 11.3 Å². The van der Waals surface area contributed by atoms with Crippen molar-refractivity contribution in [3.63, 3.8) is 0 Å². The Balaban J connectivity index is 1.89. The number of H-pyrrole nitrogens is 1. The Morgan fingerprint density at radius 3 is 2.35 bits per heavy atom. The zero-order valence-corrected chi connectivity index (χ0v) is 17.2. The Labute approximate surface area is 160 Å². The molecule has 4 nitrogen and oxygen atoms in total. The molecule has 3 aromatic rings. The molecule has 0 aliphatic carbocycles. The molecular formula is C20H24ClN3OSi. The maximum absolute atomic E-state index is 6.03. The number of aromatic nitrogens is 3. The number of hydrogen-bond donors (Lipinski definition) is 1. The van der Waals surface area contributed by atoms with E-state index < -0.39 is 8.07 Å². The second-order valence-electron chi connectivity index (χ2n) is 7.53. The number of ether oxygens (including phenoxy) is 1. The third-order valence-electron chi connectivity index (χ3n) is 4.17.